The van der Waals surface area contributed by atoms with Crippen molar-refractivity contribution >= 4 is 28.6 Å². The molecule has 0 fully saturated rings. The predicted molar refractivity (Wildman–Crippen MR) is 108 cm³/mol. The van der Waals surface area contributed by atoms with Crippen LogP contribution < -0.4 is 15.9 Å². The highest BCUT2D eigenvalue weighted by Crippen LogP contribution is 2.20. The Morgan fingerprint density at radius 3 is 2.70 bits per heavy atom. The number of benzene rings is 2. The summed E-state index contributed by atoms with van der Waals surface area (Å²) in [6, 6.07) is 15.6. The summed E-state index contributed by atoms with van der Waals surface area (Å²) < 4.78 is 5.94. The fourth-order valence-electron chi connectivity index (χ4n) is 2.49. The van der Waals surface area contributed by atoms with Crippen LogP contribution in [0, 0.1) is 13.8 Å². The highest BCUT2D eigenvalue weighted by Gasteiger charge is 2.13. The van der Waals surface area contributed by atoms with Crippen LogP contribution in [0.15, 0.2) is 53.6 Å². The predicted octanol–water partition coefficient (Wildman–Crippen LogP) is 3.69. The van der Waals surface area contributed by atoms with Crippen LogP contribution in [-0.2, 0) is 6.61 Å². The number of hydrazone groups is 1. The van der Waals surface area contributed by atoms with E-state index in [1.807, 2.05) is 42.5 Å². The maximum absolute atomic E-state index is 12.2. The van der Waals surface area contributed by atoms with Crippen LogP contribution in [0.2, 0.25) is 0 Å². The Morgan fingerprint density at radius 1 is 1.22 bits per heavy atom. The van der Waals surface area contributed by atoms with Crippen molar-refractivity contribution in [2.75, 3.05) is 5.73 Å². The van der Waals surface area contributed by atoms with Gasteiger partial charge in [0, 0.05) is 5.56 Å². The minimum Gasteiger partial charge on any atom is -0.488 e. The first-order valence-corrected chi connectivity index (χ1v) is 9.19. The van der Waals surface area contributed by atoms with Crippen LogP contribution in [0.25, 0.3) is 0 Å². The number of hydrogen-bond acceptors (Lipinski definition) is 6. The lowest BCUT2D eigenvalue weighted by molar-refractivity contribution is 0.0958. The van der Waals surface area contributed by atoms with Crippen molar-refractivity contribution in [3.8, 4) is 5.75 Å². The summed E-state index contributed by atoms with van der Waals surface area (Å²) in [6.07, 6.45) is 1.56. The monoisotopic (exact) mass is 380 g/mol. The zero-order valence-electron chi connectivity index (χ0n) is 15.1. The highest BCUT2D eigenvalue weighted by atomic mass is 32.1. The molecule has 0 aliphatic rings. The molecule has 0 saturated heterocycles. The van der Waals surface area contributed by atoms with Crippen molar-refractivity contribution < 1.29 is 9.53 Å². The molecule has 0 saturated carbocycles. The second-order valence-corrected chi connectivity index (χ2v) is 6.95. The van der Waals surface area contributed by atoms with Gasteiger partial charge in [0.05, 0.1) is 11.9 Å². The number of aryl methyl sites for hydroxylation is 2. The molecule has 0 unspecified atom stereocenters. The van der Waals surface area contributed by atoms with Crippen LogP contribution in [0.3, 0.4) is 0 Å². The molecular weight excluding hydrogens is 360 g/mol. The molecule has 0 aliphatic carbocycles. The summed E-state index contributed by atoms with van der Waals surface area (Å²) in [6.45, 7) is 4.25. The molecule has 0 aliphatic heterocycles. The first-order chi connectivity index (χ1) is 13.0. The van der Waals surface area contributed by atoms with Gasteiger partial charge in [-0.1, -0.05) is 47.7 Å². The fourth-order valence-corrected chi connectivity index (χ4v) is 3.21. The number of para-hydroxylation sites is 1. The van der Waals surface area contributed by atoms with Crippen molar-refractivity contribution in [1.82, 2.24) is 10.4 Å². The van der Waals surface area contributed by atoms with Gasteiger partial charge in [0.15, 0.2) is 5.13 Å². The van der Waals surface area contributed by atoms with E-state index in [9.17, 15) is 4.79 Å². The van der Waals surface area contributed by atoms with Gasteiger partial charge < -0.3 is 10.5 Å². The zero-order chi connectivity index (χ0) is 19.2. The number of ether oxygens (including phenoxy) is 1. The van der Waals surface area contributed by atoms with Crippen molar-refractivity contribution in [2.45, 2.75) is 20.5 Å². The molecule has 0 radical (unpaired) electrons. The fraction of sp³-hybridized carbons (Fsp3) is 0.150. The average Bonchev–Trinajstić information content (AvgIpc) is 3.00. The lowest BCUT2D eigenvalue weighted by Crippen LogP contribution is -2.17. The quantitative estimate of drug-likeness (QED) is 0.504. The van der Waals surface area contributed by atoms with Crippen LogP contribution in [-0.4, -0.2) is 17.1 Å². The van der Waals surface area contributed by atoms with E-state index < -0.39 is 0 Å². The van der Waals surface area contributed by atoms with Gasteiger partial charge in [0.25, 0.3) is 5.91 Å². The number of hydrogen-bond donors (Lipinski definition) is 2. The van der Waals surface area contributed by atoms with Crippen molar-refractivity contribution in [3.05, 3.63) is 75.8 Å². The lowest BCUT2D eigenvalue weighted by atomic mass is 10.1. The topological polar surface area (TPSA) is 89.6 Å². The summed E-state index contributed by atoms with van der Waals surface area (Å²) in [5.41, 5.74) is 11.8. The summed E-state index contributed by atoms with van der Waals surface area (Å²) in [4.78, 5) is 16.6. The van der Waals surface area contributed by atoms with Gasteiger partial charge in [-0.05, 0) is 37.1 Å². The largest absolute Gasteiger partial charge is 0.488 e. The molecular formula is C20H20N4O2S. The van der Waals surface area contributed by atoms with Crippen molar-refractivity contribution in [1.29, 1.82) is 0 Å². The number of nitrogens with one attached hydrogen (secondary N) is 1. The molecule has 138 valence electrons. The van der Waals surface area contributed by atoms with E-state index in [-0.39, 0.29) is 5.91 Å². The molecule has 0 atom stereocenters. The van der Waals surface area contributed by atoms with Gasteiger partial charge in [-0.25, -0.2) is 10.4 Å². The Balaban J connectivity index is 1.67. The Kier molecular flexibility index (Phi) is 5.83. The molecule has 3 aromatic rings. The number of anilines is 1. The Labute approximate surface area is 161 Å². The number of thiazole rings is 1. The molecule has 6 nitrogen and oxygen atoms in total. The molecule has 1 amide bonds. The van der Waals surface area contributed by atoms with E-state index in [0.29, 0.717) is 28.1 Å². The van der Waals surface area contributed by atoms with Crippen molar-refractivity contribution in [2.24, 2.45) is 5.10 Å². The number of nitrogens with zero attached hydrogens (tertiary/aromatic N) is 2. The first-order valence-electron chi connectivity index (χ1n) is 8.37. The summed E-state index contributed by atoms with van der Waals surface area (Å²) in [7, 11) is 0. The standard InChI is InChI=1S/C20H20N4O2S/c1-13-7-3-4-9-16(13)12-26-17-10-6-5-8-15(17)11-22-24-19(25)18-14(2)23-20(21)27-18/h3-11H,12H2,1-2H3,(H2,21,23)(H,24,25)/b22-11+. The Morgan fingerprint density at radius 2 is 1.96 bits per heavy atom. The van der Waals surface area contributed by atoms with Gasteiger partial charge in [0.2, 0.25) is 0 Å². The average molecular weight is 380 g/mol. The number of amides is 1. The van der Waals surface area contributed by atoms with E-state index in [1.54, 1.807) is 13.1 Å². The third-order valence-corrected chi connectivity index (χ3v) is 4.94. The van der Waals surface area contributed by atoms with E-state index in [1.165, 1.54) is 5.56 Å². The molecule has 1 aromatic heterocycles. The number of carbonyl (C=O) groups excluding carboxylic acids is 1. The third-order valence-electron chi connectivity index (χ3n) is 3.95. The first kappa shape index (κ1) is 18.6. The molecule has 2 aromatic carbocycles. The van der Waals surface area contributed by atoms with Crippen LogP contribution >= 0.6 is 11.3 Å². The second-order valence-electron chi connectivity index (χ2n) is 5.92. The van der Waals surface area contributed by atoms with Crippen LogP contribution in [0.5, 0.6) is 5.75 Å². The van der Waals surface area contributed by atoms with Gasteiger partial charge in [-0.15, -0.1) is 0 Å². The third kappa shape index (κ3) is 4.71. The van der Waals surface area contributed by atoms with Gasteiger partial charge in [-0.3, -0.25) is 4.79 Å². The number of nitrogens with two attached hydrogens (primary N) is 1. The zero-order valence-corrected chi connectivity index (χ0v) is 15.9. The van der Waals surface area contributed by atoms with E-state index in [4.69, 9.17) is 10.5 Å². The lowest BCUT2D eigenvalue weighted by Gasteiger charge is -2.10. The smallest absolute Gasteiger partial charge is 0.283 e. The second kappa shape index (κ2) is 8.46. The molecule has 0 bridgehead atoms. The van der Waals surface area contributed by atoms with Gasteiger partial charge in [0.1, 0.15) is 17.2 Å². The maximum Gasteiger partial charge on any atom is 0.283 e. The number of rotatable bonds is 6. The van der Waals surface area contributed by atoms with E-state index in [0.717, 1.165) is 22.5 Å². The minimum atomic E-state index is -0.337. The number of carbonyl (C=O) groups is 1. The Hall–Kier alpha value is -3.19. The van der Waals surface area contributed by atoms with Crippen LogP contribution in [0.4, 0.5) is 5.13 Å². The summed E-state index contributed by atoms with van der Waals surface area (Å²) in [5.74, 6) is 0.355. The SMILES string of the molecule is Cc1ccccc1COc1ccccc1/C=N/NC(=O)c1sc(N)nc1C. The van der Waals surface area contributed by atoms with Gasteiger partial charge >= 0.3 is 0 Å². The molecule has 7 heteroatoms. The summed E-state index contributed by atoms with van der Waals surface area (Å²) >= 11 is 1.13. The molecule has 27 heavy (non-hydrogen) atoms. The molecule has 1 heterocycles. The van der Waals surface area contributed by atoms with Crippen molar-refractivity contribution in [3.63, 3.8) is 0 Å². The van der Waals surface area contributed by atoms with Gasteiger partial charge in [-0.2, -0.15) is 5.10 Å². The Bertz CT molecular complexity index is 982. The minimum absolute atomic E-state index is 0.337. The van der Waals surface area contributed by atoms with E-state index in [2.05, 4.69) is 28.5 Å². The maximum atomic E-state index is 12.2. The molecule has 3 N–H and O–H groups in total. The normalized spacial score (nSPS) is 10.9. The molecule has 0 spiro atoms. The number of aromatic nitrogens is 1. The summed E-state index contributed by atoms with van der Waals surface area (Å²) in [5, 5.41) is 4.39. The number of nitrogen functional groups attached to an aromatic ring is 1. The van der Waals surface area contributed by atoms with Crippen LogP contribution in [0.1, 0.15) is 32.1 Å². The van der Waals surface area contributed by atoms with E-state index >= 15 is 0 Å². The highest BCUT2D eigenvalue weighted by molar-refractivity contribution is 7.17. The molecule has 3 rings (SSSR count).